The molecule has 0 aliphatic carbocycles. The maximum absolute atomic E-state index is 10.1. The minimum Gasteiger partial charge on any atom is -0.378 e. The summed E-state index contributed by atoms with van der Waals surface area (Å²) in [5, 5.41) is 10.1. The lowest BCUT2D eigenvalue weighted by atomic mass is 9.97. The first-order valence-corrected chi connectivity index (χ1v) is 6.68. The quantitative estimate of drug-likeness (QED) is 0.783. The van der Waals surface area contributed by atoms with Crippen LogP contribution in [-0.4, -0.2) is 17.3 Å². The molecule has 2 heteroatoms. The highest BCUT2D eigenvalue weighted by Crippen LogP contribution is 2.13. The number of nitrogens with two attached hydrogens (primary N) is 1. The van der Waals surface area contributed by atoms with Crippen molar-refractivity contribution in [1.82, 2.24) is 0 Å². The summed E-state index contributed by atoms with van der Waals surface area (Å²) < 4.78 is 0. The van der Waals surface area contributed by atoms with Gasteiger partial charge in [0.15, 0.2) is 0 Å². The first-order valence-electron chi connectivity index (χ1n) is 6.68. The molecule has 1 rings (SSSR count). The Labute approximate surface area is 110 Å². The molecule has 2 nitrogen and oxygen atoms in total. The third-order valence-corrected chi connectivity index (χ3v) is 3.21. The molecule has 0 saturated heterocycles. The van der Waals surface area contributed by atoms with Crippen molar-refractivity contribution >= 4 is 0 Å². The number of hydrogen-bond donors (Lipinski definition) is 2. The average Bonchev–Trinajstić information content (AvgIpc) is 2.43. The van der Waals surface area contributed by atoms with Crippen LogP contribution in [0.4, 0.5) is 0 Å². The van der Waals surface area contributed by atoms with Crippen molar-refractivity contribution in [1.29, 1.82) is 0 Å². The second-order valence-corrected chi connectivity index (χ2v) is 4.58. The molecule has 0 fully saturated rings. The third-order valence-electron chi connectivity index (χ3n) is 3.21. The van der Waals surface area contributed by atoms with Gasteiger partial charge < -0.3 is 10.8 Å². The number of benzene rings is 1. The highest BCUT2D eigenvalue weighted by atomic mass is 16.3. The summed E-state index contributed by atoms with van der Waals surface area (Å²) in [5.41, 5.74) is 6.87. The van der Waals surface area contributed by atoms with Crippen molar-refractivity contribution in [3.05, 3.63) is 35.4 Å². The van der Waals surface area contributed by atoms with E-state index in [4.69, 9.17) is 5.73 Å². The van der Waals surface area contributed by atoms with Gasteiger partial charge >= 0.3 is 0 Å². The summed E-state index contributed by atoms with van der Waals surface area (Å²) in [5.74, 6) is 6.05. The molecule has 0 aliphatic heterocycles. The first-order chi connectivity index (χ1) is 8.63. The number of hydrogen-bond acceptors (Lipinski definition) is 2. The van der Waals surface area contributed by atoms with Crippen molar-refractivity contribution in [2.24, 2.45) is 5.73 Å². The van der Waals surface area contributed by atoms with Crippen molar-refractivity contribution in [3.63, 3.8) is 0 Å². The van der Waals surface area contributed by atoms with Gasteiger partial charge in [-0.1, -0.05) is 37.8 Å². The summed E-state index contributed by atoms with van der Waals surface area (Å²) in [6.07, 6.45) is 3.29. The summed E-state index contributed by atoms with van der Waals surface area (Å²) in [7, 11) is 0. The molecular weight excluding hydrogens is 222 g/mol. The molecule has 1 aromatic rings. The summed E-state index contributed by atoms with van der Waals surface area (Å²) in [4.78, 5) is 0. The summed E-state index contributed by atoms with van der Waals surface area (Å²) >= 11 is 0. The van der Waals surface area contributed by atoms with Gasteiger partial charge in [0.25, 0.3) is 0 Å². The first kappa shape index (κ1) is 14.8. The molecule has 0 spiro atoms. The van der Waals surface area contributed by atoms with E-state index in [1.54, 1.807) is 0 Å². The highest BCUT2D eigenvalue weighted by molar-refractivity contribution is 5.38. The van der Waals surface area contributed by atoms with Crippen molar-refractivity contribution in [2.75, 3.05) is 6.54 Å². The average molecular weight is 245 g/mol. The predicted octanol–water partition coefficient (Wildman–Crippen LogP) is 2.48. The van der Waals surface area contributed by atoms with Crippen LogP contribution >= 0.6 is 0 Å². The van der Waals surface area contributed by atoms with Crippen LogP contribution in [-0.2, 0) is 6.42 Å². The molecule has 98 valence electrons. The molecule has 1 aromatic carbocycles. The Bertz CT molecular complexity index is 424. The smallest absolute Gasteiger partial charge is 0.125 e. The van der Waals surface area contributed by atoms with Gasteiger partial charge in [0.2, 0.25) is 0 Å². The van der Waals surface area contributed by atoms with E-state index in [1.165, 1.54) is 5.56 Å². The standard InChI is InChI=1S/C16H23NO/c1-3-16(18,4-2)11-10-15-8-5-7-14(13-15)9-6-12-17/h5,7-8,13,18H,3-4,6,9,12,17H2,1-2H3. The van der Waals surface area contributed by atoms with E-state index >= 15 is 0 Å². The molecular formula is C16H23NO. The van der Waals surface area contributed by atoms with Crippen LogP contribution in [0, 0.1) is 11.8 Å². The van der Waals surface area contributed by atoms with Gasteiger partial charge in [-0.05, 0) is 49.9 Å². The zero-order valence-electron chi connectivity index (χ0n) is 11.4. The fourth-order valence-corrected chi connectivity index (χ4v) is 1.73. The highest BCUT2D eigenvalue weighted by Gasteiger charge is 2.17. The Morgan fingerprint density at radius 2 is 2.00 bits per heavy atom. The van der Waals surface area contributed by atoms with Crippen LogP contribution in [0.1, 0.15) is 44.2 Å². The van der Waals surface area contributed by atoms with Crippen LogP contribution in [0.15, 0.2) is 24.3 Å². The normalized spacial score (nSPS) is 10.9. The lowest BCUT2D eigenvalue weighted by Gasteiger charge is -2.17. The van der Waals surface area contributed by atoms with E-state index in [9.17, 15) is 5.11 Å². The van der Waals surface area contributed by atoms with Crippen molar-refractivity contribution in [2.45, 2.75) is 45.1 Å². The third kappa shape index (κ3) is 4.52. The van der Waals surface area contributed by atoms with E-state index < -0.39 is 5.60 Å². The molecule has 0 amide bonds. The molecule has 0 radical (unpaired) electrons. The molecule has 0 unspecified atom stereocenters. The molecule has 0 aromatic heterocycles. The van der Waals surface area contributed by atoms with Crippen LogP contribution in [0.3, 0.4) is 0 Å². The lowest BCUT2D eigenvalue weighted by molar-refractivity contribution is 0.0931. The topological polar surface area (TPSA) is 46.2 Å². The number of aliphatic hydroxyl groups is 1. The maximum atomic E-state index is 10.1. The Morgan fingerprint density at radius 1 is 1.28 bits per heavy atom. The minimum atomic E-state index is -0.854. The Hall–Kier alpha value is -1.30. The van der Waals surface area contributed by atoms with Crippen LogP contribution in [0.25, 0.3) is 0 Å². The fraction of sp³-hybridized carbons (Fsp3) is 0.500. The largest absolute Gasteiger partial charge is 0.378 e. The molecule has 3 N–H and O–H groups in total. The minimum absolute atomic E-state index is 0.656. The molecule has 18 heavy (non-hydrogen) atoms. The van der Waals surface area contributed by atoms with E-state index in [0.717, 1.165) is 18.4 Å². The van der Waals surface area contributed by atoms with Gasteiger partial charge in [-0.25, -0.2) is 0 Å². The van der Waals surface area contributed by atoms with E-state index in [-0.39, 0.29) is 0 Å². The van der Waals surface area contributed by atoms with Gasteiger partial charge in [-0.2, -0.15) is 0 Å². The second-order valence-electron chi connectivity index (χ2n) is 4.58. The van der Waals surface area contributed by atoms with Crippen LogP contribution in [0.2, 0.25) is 0 Å². The zero-order chi connectivity index (χ0) is 13.4. The Morgan fingerprint density at radius 3 is 2.61 bits per heavy atom. The van der Waals surface area contributed by atoms with Crippen LogP contribution < -0.4 is 5.73 Å². The SMILES string of the molecule is CCC(O)(C#Cc1cccc(CCCN)c1)CC. The van der Waals surface area contributed by atoms with Gasteiger partial charge in [-0.3, -0.25) is 0 Å². The zero-order valence-corrected chi connectivity index (χ0v) is 11.4. The molecule has 0 atom stereocenters. The number of rotatable bonds is 5. The lowest BCUT2D eigenvalue weighted by Crippen LogP contribution is -2.23. The Balaban J connectivity index is 2.82. The second kappa shape index (κ2) is 7.20. The maximum Gasteiger partial charge on any atom is 0.125 e. The van der Waals surface area contributed by atoms with Crippen LogP contribution in [0.5, 0.6) is 0 Å². The number of aryl methyl sites for hydroxylation is 1. The van der Waals surface area contributed by atoms with E-state index in [0.29, 0.717) is 19.4 Å². The van der Waals surface area contributed by atoms with Gasteiger partial charge in [0, 0.05) is 5.56 Å². The molecule has 0 saturated carbocycles. The summed E-state index contributed by atoms with van der Waals surface area (Å²) in [6.45, 7) is 4.62. The Kier molecular flexibility index (Phi) is 5.91. The van der Waals surface area contributed by atoms with Gasteiger partial charge in [-0.15, -0.1) is 0 Å². The molecule has 0 heterocycles. The van der Waals surface area contributed by atoms with Gasteiger partial charge in [0.1, 0.15) is 5.60 Å². The predicted molar refractivity (Wildman–Crippen MR) is 76.2 cm³/mol. The van der Waals surface area contributed by atoms with E-state index in [2.05, 4.69) is 24.0 Å². The van der Waals surface area contributed by atoms with E-state index in [1.807, 2.05) is 26.0 Å². The van der Waals surface area contributed by atoms with Gasteiger partial charge in [0.05, 0.1) is 0 Å². The van der Waals surface area contributed by atoms with Crippen molar-refractivity contribution < 1.29 is 5.11 Å². The molecule has 0 bridgehead atoms. The fourth-order valence-electron chi connectivity index (χ4n) is 1.73. The molecule has 0 aliphatic rings. The summed E-state index contributed by atoms with van der Waals surface area (Å²) in [6, 6.07) is 8.15. The monoisotopic (exact) mass is 245 g/mol. The van der Waals surface area contributed by atoms with Crippen molar-refractivity contribution in [3.8, 4) is 11.8 Å².